The van der Waals surface area contributed by atoms with E-state index in [0.717, 1.165) is 5.56 Å². The number of hydrogen-bond donors (Lipinski definition) is 2. The molecule has 25 heavy (non-hydrogen) atoms. The summed E-state index contributed by atoms with van der Waals surface area (Å²) in [5.41, 5.74) is 1.11. The van der Waals surface area contributed by atoms with Crippen molar-refractivity contribution in [1.82, 2.24) is 10.6 Å². The monoisotopic (exact) mass is 473 g/mol. The number of guanidine groups is 1. The first-order chi connectivity index (χ1) is 11.4. The molecule has 0 aromatic heterocycles. The lowest BCUT2D eigenvalue weighted by Gasteiger charge is -2.14. The number of rotatable bonds is 9. The Balaban J connectivity index is 0.00000576. The van der Waals surface area contributed by atoms with Crippen LogP contribution in [0.5, 0.6) is 0 Å². The predicted molar refractivity (Wildman–Crippen MR) is 105 cm³/mol. The smallest absolute Gasteiger partial charge is 0.374 e. The molecule has 0 spiro atoms. The van der Waals surface area contributed by atoms with E-state index in [-0.39, 0.29) is 36.6 Å². The van der Waals surface area contributed by atoms with Crippen LogP contribution in [0.3, 0.4) is 0 Å². The fourth-order valence-electron chi connectivity index (χ4n) is 2.00. The van der Waals surface area contributed by atoms with Crippen molar-refractivity contribution in [2.24, 2.45) is 4.99 Å². The molecule has 1 aromatic carbocycles. The summed E-state index contributed by atoms with van der Waals surface area (Å²) in [5.74, 6) is 0.401. The van der Waals surface area contributed by atoms with E-state index in [0.29, 0.717) is 32.1 Å². The van der Waals surface area contributed by atoms with Crippen molar-refractivity contribution in [3.05, 3.63) is 35.9 Å². The lowest BCUT2D eigenvalue weighted by molar-refractivity contribution is -0.132. The number of nitrogens with one attached hydrogen (secondary N) is 2. The third-order valence-corrected chi connectivity index (χ3v) is 3.25. The van der Waals surface area contributed by atoms with E-state index in [1.807, 2.05) is 44.2 Å². The zero-order valence-corrected chi connectivity index (χ0v) is 16.9. The maximum Gasteiger partial charge on any atom is 0.390 e. The summed E-state index contributed by atoms with van der Waals surface area (Å²) in [6.45, 7) is 5.30. The molecule has 0 radical (unpaired) electrons. The summed E-state index contributed by atoms with van der Waals surface area (Å²) >= 11 is 0. The van der Waals surface area contributed by atoms with Crippen LogP contribution < -0.4 is 10.6 Å². The molecule has 0 heterocycles. The highest BCUT2D eigenvalue weighted by Gasteiger charge is 2.26. The Morgan fingerprint density at radius 1 is 1.20 bits per heavy atom. The molecule has 1 aromatic rings. The van der Waals surface area contributed by atoms with Crippen LogP contribution in [0.15, 0.2) is 35.3 Å². The summed E-state index contributed by atoms with van der Waals surface area (Å²) in [4.78, 5) is 4.25. The topological polar surface area (TPSA) is 45.7 Å². The maximum absolute atomic E-state index is 12.1. The highest BCUT2D eigenvalue weighted by molar-refractivity contribution is 14.0. The molecule has 144 valence electrons. The fraction of sp³-hybridized carbons (Fsp3) is 0.588. The van der Waals surface area contributed by atoms with Crippen molar-refractivity contribution in [1.29, 1.82) is 0 Å². The van der Waals surface area contributed by atoms with Crippen LogP contribution in [0, 0.1) is 0 Å². The summed E-state index contributed by atoms with van der Waals surface area (Å²) in [7, 11) is 0. The molecular formula is C17H27F3IN3O. The summed E-state index contributed by atoms with van der Waals surface area (Å²) in [6.07, 6.45) is -4.33. The molecule has 8 heteroatoms. The van der Waals surface area contributed by atoms with E-state index in [2.05, 4.69) is 15.6 Å². The van der Waals surface area contributed by atoms with E-state index >= 15 is 0 Å². The van der Waals surface area contributed by atoms with Gasteiger partial charge in [-0.3, -0.25) is 4.99 Å². The number of alkyl halides is 3. The predicted octanol–water partition coefficient (Wildman–Crippen LogP) is 4.28. The average molecular weight is 473 g/mol. The normalized spacial score (nSPS) is 13.1. The first kappa shape index (κ1) is 24.0. The van der Waals surface area contributed by atoms with Crippen LogP contribution in [-0.2, 0) is 4.74 Å². The lowest BCUT2D eigenvalue weighted by atomic mass is 10.1. The molecular weight excluding hydrogens is 446 g/mol. The molecule has 2 N–H and O–H groups in total. The van der Waals surface area contributed by atoms with Crippen molar-refractivity contribution < 1.29 is 17.9 Å². The Morgan fingerprint density at radius 3 is 2.48 bits per heavy atom. The van der Waals surface area contributed by atoms with Gasteiger partial charge in [-0.05, 0) is 25.8 Å². The molecule has 0 fully saturated rings. The fourth-order valence-corrected chi connectivity index (χ4v) is 2.00. The van der Waals surface area contributed by atoms with Gasteiger partial charge in [0, 0.05) is 26.2 Å². The molecule has 4 nitrogen and oxygen atoms in total. The van der Waals surface area contributed by atoms with Gasteiger partial charge in [-0.25, -0.2) is 0 Å². The highest BCUT2D eigenvalue weighted by atomic mass is 127. The molecule has 0 aliphatic carbocycles. The third-order valence-electron chi connectivity index (χ3n) is 3.25. The summed E-state index contributed by atoms with van der Waals surface area (Å²) in [6, 6.07) is 9.91. The molecule has 0 saturated carbocycles. The molecule has 1 atom stereocenters. The molecule has 1 rings (SSSR count). The third kappa shape index (κ3) is 12.0. The van der Waals surface area contributed by atoms with Crippen LogP contribution in [-0.4, -0.2) is 38.4 Å². The minimum absolute atomic E-state index is 0. The van der Waals surface area contributed by atoms with Gasteiger partial charge >= 0.3 is 6.18 Å². The second-order valence-electron chi connectivity index (χ2n) is 5.33. The van der Waals surface area contributed by atoms with Gasteiger partial charge in [-0.1, -0.05) is 30.3 Å². The second-order valence-corrected chi connectivity index (χ2v) is 5.33. The van der Waals surface area contributed by atoms with Gasteiger partial charge in [0.1, 0.15) is 0 Å². The van der Waals surface area contributed by atoms with Crippen LogP contribution in [0.25, 0.3) is 0 Å². The molecule has 0 amide bonds. The molecule has 0 aliphatic rings. The van der Waals surface area contributed by atoms with Crippen molar-refractivity contribution in [3.8, 4) is 0 Å². The highest BCUT2D eigenvalue weighted by Crippen LogP contribution is 2.18. The number of halogens is 4. The minimum Gasteiger partial charge on any atom is -0.374 e. The first-order valence-corrected chi connectivity index (χ1v) is 8.18. The van der Waals surface area contributed by atoms with E-state index in [1.165, 1.54) is 0 Å². The molecule has 0 aliphatic heterocycles. The maximum atomic E-state index is 12.1. The Bertz CT molecular complexity index is 484. The van der Waals surface area contributed by atoms with Gasteiger partial charge < -0.3 is 15.4 Å². The van der Waals surface area contributed by atoms with Crippen molar-refractivity contribution in [3.63, 3.8) is 0 Å². The molecule has 1 unspecified atom stereocenters. The van der Waals surface area contributed by atoms with E-state index in [4.69, 9.17) is 4.74 Å². The largest absolute Gasteiger partial charge is 0.390 e. The second kappa shape index (κ2) is 13.2. The quantitative estimate of drug-likeness (QED) is 0.244. The van der Waals surface area contributed by atoms with Gasteiger partial charge in [0.15, 0.2) is 5.96 Å². The van der Waals surface area contributed by atoms with Crippen molar-refractivity contribution >= 4 is 29.9 Å². The summed E-state index contributed by atoms with van der Waals surface area (Å²) in [5, 5.41) is 5.61. The first-order valence-electron chi connectivity index (χ1n) is 8.18. The van der Waals surface area contributed by atoms with E-state index < -0.39 is 12.6 Å². The van der Waals surface area contributed by atoms with Crippen LogP contribution >= 0.6 is 24.0 Å². The summed E-state index contributed by atoms with van der Waals surface area (Å²) < 4.78 is 42.2. The molecule has 0 saturated heterocycles. The van der Waals surface area contributed by atoms with Gasteiger partial charge in [0.05, 0.1) is 12.5 Å². The van der Waals surface area contributed by atoms with Crippen LogP contribution in [0.1, 0.15) is 38.4 Å². The van der Waals surface area contributed by atoms with E-state index in [9.17, 15) is 13.2 Å². The van der Waals surface area contributed by atoms with Crippen LogP contribution in [0.2, 0.25) is 0 Å². The Morgan fingerprint density at radius 2 is 1.88 bits per heavy atom. The Labute approximate surface area is 164 Å². The number of hydrogen-bond acceptors (Lipinski definition) is 2. The van der Waals surface area contributed by atoms with E-state index in [1.54, 1.807) is 0 Å². The van der Waals surface area contributed by atoms with Crippen molar-refractivity contribution in [2.75, 3.05) is 26.2 Å². The zero-order chi connectivity index (χ0) is 17.8. The van der Waals surface area contributed by atoms with Crippen LogP contribution in [0.4, 0.5) is 13.2 Å². The number of benzene rings is 1. The van der Waals surface area contributed by atoms with Crippen molar-refractivity contribution in [2.45, 2.75) is 39.0 Å². The zero-order valence-electron chi connectivity index (χ0n) is 14.6. The van der Waals surface area contributed by atoms with Gasteiger partial charge in [-0.2, -0.15) is 13.2 Å². The number of aliphatic imine (C=N–C) groups is 1. The van der Waals surface area contributed by atoms with Gasteiger partial charge in [0.2, 0.25) is 0 Å². The molecule has 0 bridgehead atoms. The Hall–Kier alpha value is -1.03. The average Bonchev–Trinajstić information content (AvgIpc) is 2.54. The lowest BCUT2D eigenvalue weighted by Crippen LogP contribution is -2.39. The number of nitrogens with zero attached hydrogens (tertiary/aromatic N) is 1. The SMILES string of the molecule is CCNC(=NCCCOC(C)c1ccccc1)NCCC(F)(F)F.I. The Kier molecular flexibility index (Phi) is 12.7. The number of ether oxygens (including phenoxy) is 1. The van der Waals surface area contributed by atoms with Gasteiger partial charge in [-0.15, -0.1) is 24.0 Å². The standard InChI is InChI=1S/C17H26F3N3O.HI/c1-3-21-16(23-12-10-17(18,19)20)22-11-7-13-24-14(2)15-8-5-4-6-9-15;/h4-6,8-9,14H,3,7,10-13H2,1-2H3,(H2,21,22,23);1H. The minimum atomic E-state index is -4.16. The van der Waals surface area contributed by atoms with Gasteiger partial charge in [0.25, 0.3) is 0 Å².